The zero-order valence-electron chi connectivity index (χ0n) is 11.8. The summed E-state index contributed by atoms with van der Waals surface area (Å²) < 4.78 is 5.44. The third-order valence-corrected chi connectivity index (χ3v) is 2.82. The summed E-state index contributed by atoms with van der Waals surface area (Å²) in [5.41, 5.74) is 2.60. The predicted molar refractivity (Wildman–Crippen MR) is 79.0 cm³/mol. The molecule has 1 aromatic carbocycles. The van der Waals surface area contributed by atoms with Crippen molar-refractivity contribution in [1.29, 1.82) is 0 Å². The Bertz CT molecular complexity index is 354. The molecule has 0 amide bonds. The Labute approximate surface area is 111 Å². The zero-order valence-corrected chi connectivity index (χ0v) is 11.8. The maximum Gasteiger partial charge on any atom is 0.119 e. The number of hydrogen-bond donors (Lipinski definition) is 1. The summed E-state index contributed by atoms with van der Waals surface area (Å²) in [4.78, 5) is 0. The Kier molecular flexibility index (Phi) is 7.19. The molecule has 1 aromatic rings. The smallest absolute Gasteiger partial charge is 0.119 e. The topological polar surface area (TPSA) is 21.3 Å². The molecular formula is C16H25NO. The van der Waals surface area contributed by atoms with Crippen LogP contribution in [-0.2, 0) is 0 Å². The zero-order chi connectivity index (χ0) is 13.2. The molecule has 0 bridgehead atoms. The van der Waals surface area contributed by atoms with E-state index < -0.39 is 0 Å². The summed E-state index contributed by atoms with van der Waals surface area (Å²) in [6.07, 6.45) is 4.57. The van der Waals surface area contributed by atoms with Crippen LogP contribution in [0.1, 0.15) is 39.2 Å². The van der Waals surface area contributed by atoms with E-state index in [1.807, 2.05) is 19.1 Å². The largest absolute Gasteiger partial charge is 0.494 e. The van der Waals surface area contributed by atoms with Crippen LogP contribution >= 0.6 is 0 Å². The number of benzene rings is 1. The second-order valence-corrected chi connectivity index (χ2v) is 4.38. The minimum absolute atomic E-state index is 0.720. The molecule has 2 nitrogen and oxygen atoms in total. The molecule has 0 heterocycles. The van der Waals surface area contributed by atoms with Crippen molar-refractivity contribution in [3.05, 3.63) is 35.9 Å². The van der Waals surface area contributed by atoms with E-state index in [1.165, 1.54) is 17.6 Å². The molecule has 0 radical (unpaired) electrons. The lowest BCUT2D eigenvalue weighted by atomic mass is 10.1. The third-order valence-electron chi connectivity index (χ3n) is 2.82. The van der Waals surface area contributed by atoms with Crippen LogP contribution in [0.3, 0.4) is 0 Å². The standard InChI is InChI=1S/C16H25NO/c1-4-12-17-13-6-7-14(3)15-8-10-16(11-9-15)18-5-2/h7-11,17H,4-6,12-13H2,1-3H3. The van der Waals surface area contributed by atoms with Gasteiger partial charge in [0, 0.05) is 0 Å². The van der Waals surface area contributed by atoms with E-state index in [2.05, 4.69) is 37.4 Å². The van der Waals surface area contributed by atoms with Crippen LogP contribution in [-0.4, -0.2) is 19.7 Å². The maximum absolute atomic E-state index is 5.44. The monoisotopic (exact) mass is 247 g/mol. The van der Waals surface area contributed by atoms with Crippen molar-refractivity contribution in [1.82, 2.24) is 5.32 Å². The highest BCUT2D eigenvalue weighted by Gasteiger charge is 1.96. The number of rotatable bonds is 8. The predicted octanol–water partition coefficient (Wildman–Crippen LogP) is 3.88. The first kappa shape index (κ1) is 14.8. The first-order chi connectivity index (χ1) is 8.77. The van der Waals surface area contributed by atoms with Crippen LogP contribution in [0.4, 0.5) is 0 Å². The van der Waals surface area contributed by atoms with Gasteiger partial charge in [-0.1, -0.05) is 25.1 Å². The van der Waals surface area contributed by atoms with Crippen LogP contribution in [0.5, 0.6) is 5.75 Å². The van der Waals surface area contributed by atoms with Gasteiger partial charge in [-0.15, -0.1) is 0 Å². The van der Waals surface area contributed by atoms with Crippen LogP contribution in [0, 0.1) is 0 Å². The fourth-order valence-corrected chi connectivity index (χ4v) is 1.79. The molecule has 0 aliphatic carbocycles. The molecule has 0 saturated heterocycles. The van der Waals surface area contributed by atoms with Crippen molar-refractivity contribution < 1.29 is 4.74 Å². The van der Waals surface area contributed by atoms with Gasteiger partial charge in [0.25, 0.3) is 0 Å². The molecule has 18 heavy (non-hydrogen) atoms. The van der Waals surface area contributed by atoms with Crippen molar-refractivity contribution >= 4 is 5.57 Å². The van der Waals surface area contributed by atoms with Gasteiger partial charge in [0.2, 0.25) is 0 Å². The highest BCUT2D eigenvalue weighted by molar-refractivity contribution is 5.64. The van der Waals surface area contributed by atoms with Gasteiger partial charge >= 0.3 is 0 Å². The minimum Gasteiger partial charge on any atom is -0.494 e. The Balaban J connectivity index is 2.44. The van der Waals surface area contributed by atoms with Crippen LogP contribution in [0.25, 0.3) is 5.57 Å². The van der Waals surface area contributed by atoms with Crippen LogP contribution in [0.15, 0.2) is 30.3 Å². The van der Waals surface area contributed by atoms with E-state index in [0.29, 0.717) is 0 Å². The Morgan fingerprint density at radius 2 is 1.89 bits per heavy atom. The molecule has 0 spiro atoms. The average Bonchev–Trinajstić information content (AvgIpc) is 2.39. The van der Waals surface area contributed by atoms with Crippen molar-refractivity contribution in [3.8, 4) is 5.75 Å². The molecule has 0 saturated carbocycles. The van der Waals surface area contributed by atoms with Gasteiger partial charge in [-0.25, -0.2) is 0 Å². The molecule has 0 unspecified atom stereocenters. The number of hydrogen-bond acceptors (Lipinski definition) is 2. The first-order valence-electron chi connectivity index (χ1n) is 6.88. The fourth-order valence-electron chi connectivity index (χ4n) is 1.79. The lowest BCUT2D eigenvalue weighted by molar-refractivity contribution is 0.340. The van der Waals surface area contributed by atoms with E-state index in [9.17, 15) is 0 Å². The lowest BCUT2D eigenvalue weighted by Crippen LogP contribution is -2.15. The molecule has 0 fully saturated rings. The summed E-state index contributed by atoms with van der Waals surface area (Å²) in [5, 5.41) is 3.40. The highest BCUT2D eigenvalue weighted by atomic mass is 16.5. The molecule has 1 N–H and O–H groups in total. The third kappa shape index (κ3) is 5.37. The molecule has 100 valence electrons. The van der Waals surface area contributed by atoms with Crippen molar-refractivity contribution in [3.63, 3.8) is 0 Å². The summed E-state index contributed by atoms with van der Waals surface area (Å²) in [7, 11) is 0. The van der Waals surface area contributed by atoms with Gasteiger partial charge in [0.05, 0.1) is 6.61 Å². The molecule has 2 heteroatoms. The van der Waals surface area contributed by atoms with Gasteiger partial charge in [-0.3, -0.25) is 0 Å². The molecule has 0 aliphatic heterocycles. The fraction of sp³-hybridized carbons (Fsp3) is 0.500. The quantitative estimate of drug-likeness (QED) is 0.704. The second kappa shape index (κ2) is 8.76. The SMILES string of the molecule is CCCNCCC=C(C)c1ccc(OCC)cc1. The van der Waals surface area contributed by atoms with E-state index >= 15 is 0 Å². The Morgan fingerprint density at radius 3 is 2.50 bits per heavy atom. The van der Waals surface area contributed by atoms with E-state index in [1.54, 1.807) is 0 Å². The average molecular weight is 247 g/mol. The van der Waals surface area contributed by atoms with Gasteiger partial charge in [-0.05, 0) is 63.0 Å². The highest BCUT2D eigenvalue weighted by Crippen LogP contribution is 2.18. The summed E-state index contributed by atoms with van der Waals surface area (Å²) in [5.74, 6) is 0.943. The molecule has 0 aromatic heterocycles. The second-order valence-electron chi connectivity index (χ2n) is 4.38. The van der Waals surface area contributed by atoms with E-state index in [0.717, 1.165) is 31.9 Å². The van der Waals surface area contributed by atoms with Gasteiger partial charge < -0.3 is 10.1 Å². The summed E-state index contributed by atoms with van der Waals surface area (Å²) in [6.45, 7) is 9.24. The molecule has 0 aliphatic rings. The Hall–Kier alpha value is -1.28. The van der Waals surface area contributed by atoms with Gasteiger partial charge in [0.15, 0.2) is 0 Å². The normalized spacial score (nSPS) is 11.6. The first-order valence-corrected chi connectivity index (χ1v) is 6.88. The van der Waals surface area contributed by atoms with Crippen LogP contribution < -0.4 is 10.1 Å². The number of allylic oxidation sites excluding steroid dienone is 1. The van der Waals surface area contributed by atoms with Gasteiger partial charge in [0.1, 0.15) is 5.75 Å². The van der Waals surface area contributed by atoms with E-state index in [4.69, 9.17) is 4.74 Å². The van der Waals surface area contributed by atoms with Crippen molar-refractivity contribution in [2.24, 2.45) is 0 Å². The number of ether oxygens (including phenoxy) is 1. The number of nitrogens with one attached hydrogen (secondary N) is 1. The van der Waals surface area contributed by atoms with Crippen LogP contribution in [0.2, 0.25) is 0 Å². The molecule has 0 atom stereocenters. The van der Waals surface area contributed by atoms with E-state index in [-0.39, 0.29) is 0 Å². The summed E-state index contributed by atoms with van der Waals surface area (Å²) >= 11 is 0. The lowest BCUT2D eigenvalue weighted by Gasteiger charge is -2.06. The maximum atomic E-state index is 5.44. The minimum atomic E-state index is 0.720. The molecular weight excluding hydrogens is 222 g/mol. The molecule has 1 rings (SSSR count). The van der Waals surface area contributed by atoms with Crippen molar-refractivity contribution in [2.75, 3.05) is 19.7 Å². The van der Waals surface area contributed by atoms with Gasteiger partial charge in [-0.2, -0.15) is 0 Å². The summed E-state index contributed by atoms with van der Waals surface area (Å²) in [6, 6.07) is 8.31. The van der Waals surface area contributed by atoms with Crippen molar-refractivity contribution in [2.45, 2.75) is 33.6 Å². The Morgan fingerprint density at radius 1 is 1.17 bits per heavy atom.